The number of phenols is 1. The zero-order valence-corrected chi connectivity index (χ0v) is 16.4. The lowest BCUT2D eigenvalue weighted by atomic mass is 9.73. The van der Waals surface area contributed by atoms with E-state index in [1.54, 1.807) is 25.3 Å². The zero-order chi connectivity index (χ0) is 20.5. The minimum atomic E-state index is -0.366. The van der Waals surface area contributed by atoms with Gasteiger partial charge in [0.05, 0.1) is 14.2 Å². The summed E-state index contributed by atoms with van der Waals surface area (Å²) < 4.78 is 10.4. The predicted octanol–water partition coefficient (Wildman–Crippen LogP) is 3.41. The number of carbonyl (C=O) groups is 2. The van der Waals surface area contributed by atoms with Crippen molar-refractivity contribution < 1.29 is 24.2 Å². The third kappa shape index (κ3) is 3.58. The van der Waals surface area contributed by atoms with Gasteiger partial charge in [0.25, 0.3) is 0 Å². The first-order valence-electron chi connectivity index (χ1n) is 9.57. The Morgan fingerprint density at radius 2 is 1.79 bits per heavy atom. The van der Waals surface area contributed by atoms with Crippen molar-refractivity contribution >= 4 is 11.7 Å². The maximum atomic E-state index is 13.1. The predicted molar refractivity (Wildman–Crippen MR) is 107 cm³/mol. The smallest absolute Gasteiger partial charge is 0.225 e. The molecule has 2 aromatic rings. The molecule has 0 radical (unpaired) electrons. The summed E-state index contributed by atoms with van der Waals surface area (Å²) in [5.41, 5.74) is 3.08. The van der Waals surface area contributed by atoms with Crippen molar-refractivity contribution in [3.63, 3.8) is 0 Å². The molecule has 150 valence electrons. The Labute approximate surface area is 169 Å². The van der Waals surface area contributed by atoms with Gasteiger partial charge in [0, 0.05) is 30.0 Å². The SMILES string of the molecule is COc1cccc([C@@H]2CC(=O)C3=C(C2)NC(=O)C[C@H]3c2ccc(OC)c(O)c2)c1. The Balaban J connectivity index is 1.70. The molecule has 0 aromatic heterocycles. The molecule has 1 heterocycles. The van der Waals surface area contributed by atoms with E-state index in [2.05, 4.69) is 5.32 Å². The second-order valence-electron chi connectivity index (χ2n) is 7.43. The molecular weight excluding hydrogens is 370 g/mol. The van der Waals surface area contributed by atoms with Crippen LogP contribution >= 0.6 is 0 Å². The number of hydrogen-bond donors (Lipinski definition) is 2. The monoisotopic (exact) mass is 393 g/mol. The van der Waals surface area contributed by atoms with Gasteiger partial charge < -0.3 is 19.9 Å². The highest BCUT2D eigenvalue weighted by Crippen LogP contribution is 2.44. The number of rotatable bonds is 4. The minimum absolute atomic E-state index is 0.00403. The molecular formula is C23H23NO5. The third-order valence-electron chi connectivity index (χ3n) is 5.71. The highest BCUT2D eigenvalue weighted by Gasteiger charge is 2.38. The number of amides is 1. The van der Waals surface area contributed by atoms with Crippen LogP contribution in [0.1, 0.15) is 42.2 Å². The first-order chi connectivity index (χ1) is 14.0. The molecule has 0 fully saturated rings. The Kier molecular flexibility index (Phi) is 5.01. The molecule has 29 heavy (non-hydrogen) atoms. The quantitative estimate of drug-likeness (QED) is 0.832. The maximum Gasteiger partial charge on any atom is 0.225 e. The number of hydrogen-bond acceptors (Lipinski definition) is 5. The van der Waals surface area contributed by atoms with E-state index in [1.807, 2.05) is 24.3 Å². The first kappa shape index (κ1) is 19.1. The van der Waals surface area contributed by atoms with Gasteiger partial charge in [-0.05, 0) is 47.7 Å². The van der Waals surface area contributed by atoms with E-state index in [0.717, 1.165) is 16.9 Å². The molecule has 0 spiro atoms. The van der Waals surface area contributed by atoms with Gasteiger partial charge in [-0.15, -0.1) is 0 Å². The van der Waals surface area contributed by atoms with Crippen LogP contribution in [0.25, 0.3) is 0 Å². The number of phenolic OH excluding ortho intramolecular Hbond substituents is 1. The molecule has 2 atom stereocenters. The molecule has 0 unspecified atom stereocenters. The summed E-state index contributed by atoms with van der Waals surface area (Å²) in [6, 6.07) is 12.7. The molecule has 1 aliphatic heterocycles. The summed E-state index contributed by atoms with van der Waals surface area (Å²) in [5.74, 6) is 0.623. The van der Waals surface area contributed by atoms with Crippen LogP contribution in [0.15, 0.2) is 53.7 Å². The van der Waals surface area contributed by atoms with Crippen LogP contribution in [0, 0.1) is 0 Å². The standard InChI is InChI=1S/C23H23NO5/c1-28-16-5-3-4-13(8-16)15-9-18-23(20(26)11-15)17(12-22(27)24-18)14-6-7-21(29-2)19(25)10-14/h3-8,10,15,17,25H,9,11-12H2,1-2H3,(H,24,27)/t15-,17-/m0/s1. The summed E-state index contributed by atoms with van der Waals surface area (Å²) in [7, 11) is 3.09. The number of carbonyl (C=O) groups excluding carboxylic acids is 2. The van der Waals surface area contributed by atoms with Gasteiger partial charge in [-0.1, -0.05) is 18.2 Å². The second kappa shape index (κ2) is 7.62. The van der Waals surface area contributed by atoms with E-state index >= 15 is 0 Å². The van der Waals surface area contributed by atoms with E-state index in [9.17, 15) is 14.7 Å². The normalized spacial score (nSPS) is 21.4. The lowest BCUT2D eigenvalue weighted by molar-refractivity contribution is -0.122. The van der Waals surface area contributed by atoms with E-state index in [1.165, 1.54) is 7.11 Å². The van der Waals surface area contributed by atoms with Gasteiger partial charge in [-0.25, -0.2) is 0 Å². The lowest BCUT2D eigenvalue weighted by Gasteiger charge is -2.34. The van der Waals surface area contributed by atoms with Gasteiger partial charge in [-0.2, -0.15) is 0 Å². The van der Waals surface area contributed by atoms with Crippen molar-refractivity contribution in [2.45, 2.75) is 31.1 Å². The molecule has 2 aliphatic rings. The molecule has 2 N–H and O–H groups in total. The van der Waals surface area contributed by atoms with Crippen molar-refractivity contribution in [3.8, 4) is 17.2 Å². The van der Waals surface area contributed by atoms with E-state index < -0.39 is 0 Å². The molecule has 6 nitrogen and oxygen atoms in total. The molecule has 2 aromatic carbocycles. The van der Waals surface area contributed by atoms with Crippen LogP contribution in [0.4, 0.5) is 0 Å². The van der Waals surface area contributed by atoms with Crippen LogP contribution in [0.2, 0.25) is 0 Å². The molecule has 0 saturated carbocycles. The Hall–Kier alpha value is -3.28. The molecule has 1 amide bonds. The summed E-state index contributed by atoms with van der Waals surface area (Å²) in [5, 5.41) is 13.1. The average molecular weight is 393 g/mol. The van der Waals surface area contributed by atoms with Gasteiger partial charge in [0.2, 0.25) is 5.91 Å². The van der Waals surface area contributed by atoms with Crippen LogP contribution in [0.3, 0.4) is 0 Å². The highest BCUT2D eigenvalue weighted by atomic mass is 16.5. The Morgan fingerprint density at radius 3 is 2.52 bits per heavy atom. The number of Topliss-reactive ketones (excluding diaryl/α,β-unsaturated/α-hetero) is 1. The summed E-state index contributed by atoms with van der Waals surface area (Å²) in [4.78, 5) is 25.5. The number of methoxy groups -OCH3 is 2. The number of benzene rings is 2. The van der Waals surface area contributed by atoms with E-state index in [-0.39, 0.29) is 35.7 Å². The van der Waals surface area contributed by atoms with Gasteiger partial charge in [-0.3, -0.25) is 9.59 Å². The van der Waals surface area contributed by atoms with Gasteiger partial charge >= 0.3 is 0 Å². The third-order valence-corrected chi connectivity index (χ3v) is 5.71. The van der Waals surface area contributed by atoms with Crippen molar-refractivity contribution in [2.24, 2.45) is 0 Å². The molecule has 0 saturated heterocycles. The summed E-state index contributed by atoms with van der Waals surface area (Å²) in [6.45, 7) is 0. The van der Waals surface area contributed by atoms with Crippen LogP contribution in [-0.4, -0.2) is 31.0 Å². The zero-order valence-electron chi connectivity index (χ0n) is 16.4. The fourth-order valence-electron chi connectivity index (χ4n) is 4.30. The number of ketones is 1. The second-order valence-corrected chi connectivity index (χ2v) is 7.43. The van der Waals surface area contributed by atoms with Crippen molar-refractivity contribution in [3.05, 3.63) is 64.9 Å². The summed E-state index contributed by atoms with van der Waals surface area (Å²) >= 11 is 0. The molecule has 1 aliphatic carbocycles. The molecule has 4 rings (SSSR count). The minimum Gasteiger partial charge on any atom is -0.504 e. The van der Waals surface area contributed by atoms with Crippen LogP contribution < -0.4 is 14.8 Å². The van der Waals surface area contributed by atoms with E-state index in [4.69, 9.17) is 9.47 Å². The maximum absolute atomic E-state index is 13.1. The first-order valence-corrected chi connectivity index (χ1v) is 9.57. The van der Waals surface area contributed by atoms with Crippen molar-refractivity contribution in [2.75, 3.05) is 14.2 Å². The van der Waals surface area contributed by atoms with Gasteiger partial charge in [0.1, 0.15) is 5.75 Å². The number of nitrogens with one attached hydrogen (secondary N) is 1. The average Bonchev–Trinajstić information content (AvgIpc) is 2.72. The largest absolute Gasteiger partial charge is 0.504 e. The van der Waals surface area contributed by atoms with Crippen molar-refractivity contribution in [1.29, 1.82) is 0 Å². The number of aromatic hydroxyl groups is 1. The van der Waals surface area contributed by atoms with Crippen LogP contribution in [-0.2, 0) is 9.59 Å². The fourth-order valence-corrected chi connectivity index (χ4v) is 4.30. The fraction of sp³-hybridized carbons (Fsp3) is 0.304. The highest BCUT2D eigenvalue weighted by molar-refractivity contribution is 6.02. The topological polar surface area (TPSA) is 84.9 Å². The summed E-state index contributed by atoms with van der Waals surface area (Å²) in [6.07, 6.45) is 1.14. The van der Waals surface area contributed by atoms with E-state index in [0.29, 0.717) is 29.9 Å². The molecule has 6 heteroatoms. The molecule has 0 bridgehead atoms. The Morgan fingerprint density at radius 1 is 0.966 bits per heavy atom. The lowest BCUT2D eigenvalue weighted by Crippen LogP contribution is -2.38. The van der Waals surface area contributed by atoms with Crippen LogP contribution in [0.5, 0.6) is 17.2 Å². The van der Waals surface area contributed by atoms with Gasteiger partial charge in [0.15, 0.2) is 17.3 Å². The number of allylic oxidation sites excluding steroid dienone is 2. The number of ether oxygens (including phenoxy) is 2. The Bertz CT molecular complexity index is 1010. The van der Waals surface area contributed by atoms with Crippen molar-refractivity contribution in [1.82, 2.24) is 5.32 Å².